The molecule has 0 unspecified atom stereocenters. The summed E-state index contributed by atoms with van der Waals surface area (Å²) in [4.78, 5) is 30.2. The van der Waals surface area contributed by atoms with Gasteiger partial charge >= 0.3 is 11.9 Å². The first-order valence-electron chi connectivity index (χ1n) is 10.1. The number of ether oxygens (including phenoxy) is 3. The Bertz CT molecular complexity index is 1340. The van der Waals surface area contributed by atoms with Crippen molar-refractivity contribution in [2.75, 3.05) is 14.2 Å². The number of esters is 2. The predicted octanol–water partition coefficient (Wildman–Crippen LogP) is 4.59. The highest BCUT2D eigenvalue weighted by Gasteiger charge is 2.20. The molecule has 8 nitrogen and oxygen atoms in total. The first-order chi connectivity index (χ1) is 16.0. The minimum atomic E-state index is -0.549. The second kappa shape index (κ2) is 9.66. The summed E-state index contributed by atoms with van der Waals surface area (Å²) >= 11 is 1.54. The van der Waals surface area contributed by atoms with Gasteiger partial charge in [-0.05, 0) is 48.2 Å². The molecule has 3 aromatic heterocycles. The van der Waals surface area contributed by atoms with E-state index in [0.29, 0.717) is 40.1 Å². The Morgan fingerprint density at radius 2 is 2.00 bits per heavy atom. The highest BCUT2D eigenvalue weighted by Crippen LogP contribution is 2.32. The van der Waals surface area contributed by atoms with E-state index in [0.717, 1.165) is 4.88 Å². The van der Waals surface area contributed by atoms with Gasteiger partial charge in [-0.3, -0.25) is 0 Å². The molecule has 0 bridgehead atoms. The van der Waals surface area contributed by atoms with Crippen LogP contribution in [0.25, 0.3) is 27.7 Å². The number of hydrogen-bond donors (Lipinski definition) is 0. The van der Waals surface area contributed by atoms with Gasteiger partial charge in [-0.2, -0.15) is 5.10 Å². The van der Waals surface area contributed by atoms with Crippen LogP contribution in [0.1, 0.15) is 22.8 Å². The Hall–Kier alpha value is -3.98. The lowest BCUT2D eigenvalue weighted by Crippen LogP contribution is -2.11. The van der Waals surface area contributed by atoms with Crippen LogP contribution in [-0.4, -0.2) is 40.9 Å². The number of pyridine rings is 1. The molecule has 4 aromatic rings. The van der Waals surface area contributed by atoms with Crippen molar-refractivity contribution in [3.05, 3.63) is 65.2 Å². The Morgan fingerprint density at radius 3 is 2.70 bits per heavy atom. The van der Waals surface area contributed by atoms with Crippen molar-refractivity contribution in [1.29, 1.82) is 0 Å². The Morgan fingerprint density at radius 1 is 1.15 bits per heavy atom. The van der Waals surface area contributed by atoms with E-state index < -0.39 is 11.9 Å². The zero-order chi connectivity index (χ0) is 23.4. The molecule has 1 aromatic carbocycles. The minimum Gasteiger partial charge on any atom is -0.493 e. The van der Waals surface area contributed by atoms with Crippen LogP contribution in [0.4, 0.5) is 0 Å². The summed E-state index contributed by atoms with van der Waals surface area (Å²) in [5.74, 6) is -0.418. The fraction of sp³-hybridized carbons (Fsp3) is 0.167. The molecule has 9 heteroatoms. The van der Waals surface area contributed by atoms with Gasteiger partial charge in [0.1, 0.15) is 0 Å². The molecule has 0 spiro atoms. The van der Waals surface area contributed by atoms with Crippen molar-refractivity contribution in [2.24, 2.45) is 0 Å². The number of benzene rings is 1. The monoisotopic (exact) mass is 463 g/mol. The molecule has 0 fully saturated rings. The summed E-state index contributed by atoms with van der Waals surface area (Å²) in [6.07, 6.45) is 4.50. The molecule has 3 heterocycles. The van der Waals surface area contributed by atoms with Gasteiger partial charge in [-0.15, -0.1) is 11.3 Å². The lowest BCUT2D eigenvalue weighted by molar-refractivity contribution is -0.134. The van der Waals surface area contributed by atoms with Gasteiger partial charge in [0.05, 0.1) is 41.9 Å². The second-order valence-corrected chi connectivity index (χ2v) is 7.83. The zero-order valence-electron chi connectivity index (χ0n) is 18.3. The molecular formula is C24H21N3O5S. The largest absolute Gasteiger partial charge is 0.493 e. The number of rotatable bonds is 7. The third kappa shape index (κ3) is 4.63. The Balaban J connectivity index is 1.70. The number of aromatic nitrogens is 3. The number of methoxy groups -OCH3 is 2. The van der Waals surface area contributed by atoms with Crippen molar-refractivity contribution in [3.8, 4) is 22.1 Å². The van der Waals surface area contributed by atoms with Crippen molar-refractivity contribution in [1.82, 2.24) is 14.8 Å². The molecule has 0 saturated carbocycles. The maximum Gasteiger partial charge on any atom is 0.344 e. The van der Waals surface area contributed by atoms with Crippen LogP contribution in [0.2, 0.25) is 0 Å². The van der Waals surface area contributed by atoms with Crippen LogP contribution in [0.15, 0.2) is 54.1 Å². The van der Waals surface area contributed by atoms with Crippen molar-refractivity contribution in [2.45, 2.75) is 13.5 Å². The lowest BCUT2D eigenvalue weighted by atomic mass is 10.1. The molecule has 0 aliphatic carbocycles. The number of fused-ring (bicyclic) bond motifs is 1. The van der Waals surface area contributed by atoms with E-state index in [1.807, 2.05) is 24.4 Å². The lowest BCUT2D eigenvalue weighted by Gasteiger charge is -2.11. The molecule has 0 aliphatic heterocycles. The fourth-order valence-corrected chi connectivity index (χ4v) is 3.94. The van der Waals surface area contributed by atoms with Crippen LogP contribution in [-0.2, 0) is 16.1 Å². The highest BCUT2D eigenvalue weighted by molar-refractivity contribution is 7.13. The maximum atomic E-state index is 13.2. The van der Waals surface area contributed by atoms with Gasteiger partial charge in [0, 0.05) is 12.6 Å². The molecule has 0 radical (unpaired) electrons. The summed E-state index contributed by atoms with van der Waals surface area (Å²) < 4.78 is 17.4. The van der Waals surface area contributed by atoms with Crippen LogP contribution in [0.3, 0.4) is 0 Å². The molecule has 0 atom stereocenters. The number of hydrogen-bond acceptors (Lipinski definition) is 8. The quantitative estimate of drug-likeness (QED) is 0.225. The van der Waals surface area contributed by atoms with Crippen molar-refractivity contribution >= 4 is 40.4 Å². The second-order valence-electron chi connectivity index (χ2n) is 6.89. The van der Waals surface area contributed by atoms with Crippen LogP contribution in [0, 0.1) is 0 Å². The third-order valence-electron chi connectivity index (χ3n) is 4.91. The third-order valence-corrected chi connectivity index (χ3v) is 5.80. The number of carbonyl (C=O) groups is 2. The van der Waals surface area contributed by atoms with Crippen LogP contribution in [0.5, 0.6) is 11.5 Å². The summed E-state index contributed by atoms with van der Waals surface area (Å²) in [6.45, 7) is 2.58. The molecular weight excluding hydrogens is 442 g/mol. The van der Waals surface area contributed by atoms with E-state index in [1.165, 1.54) is 31.6 Å². The predicted molar refractivity (Wildman–Crippen MR) is 126 cm³/mol. The van der Waals surface area contributed by atoms with Crippen LogP contribution < -0.4 is 9.47 Å². The van der Waals surface area contributed by atoms with Gasteiger partial charge < -0.3 is 14.2 Å². The van der Waals surface area contributed by atoms with Crippen molar-refractivity contribution in [3.63, 3.8) is 0 Å². The summed E-state index contributed by atoms with van der Waals surface area (Å²) in [7, 11) is 2.78. The van der Waals surface area contributed by atoms with E-state index in [-0.39, 0.29) is 5.75 Å². The molecule has 0 aliphatic rings. The topological polar surface area (TPSA) is 92.5 Å². The molecule has 0 saturated heterocycles. The van der Waals surface area contributed by atoms with E-state index in [9.17, 15) is 9.59 Å². The Kier molecular flexibility index (Phi) is 6.50. The maximum absolute atomic E-state index is 13.2. The van der Waals surface area contributed by atoms with E-state index in [1.54, 1.807) is 41.2 Å². The molecule has 0 amide bonds. The van der Waals surface area contributed by atoms with Gasteiger partial charge in [0.15, 0.2) is 17.1 Å². The number of carbonyl (C=O) groups excluding carboxylic acids is 2. The van der Waals surface area contributed by atoms with Gasteiger partial charge in [0.25, 0.3) is 0 Å². The van der Waals surface area contributed by atoms with Gasteiger partial charge in [-0.1, -0.05) is 12.1 Å². The van der Waals surface area contributed by atoms with E-state index >= 15 is 0 Å². The SMILES string of the molecule is CCn1ncc2c(C(=O)Oc3ccc(/C=C/C(=O)OC)cc3OC)cc(-c3cccs3)nc21. The van der Waals surface area contributed by atoms with E-state index in [4.69, 9.17) is 14.5 Å². The molecule has 0 N–H and O–H groups in total. The van der Waals surface area contributed by atoms with Crippen molar-refractivity contribution < 1.29 is 23.8 Å². The standard InChI is InChI=1S/C24H21N3O5S/c1-4-27-23-17(14-25-27)16(13-18(26-23)21-6-5-11-33-21)24(29)32-19-9-7-15(12-20(19)30-2)8-10-22(28)31-3/h5-14H,4H2,1-3H3/b10-8+. The number of nitrogens with zero attached hydrogens (tertiary/aromatic N) is 3. The summed E-state index contributed by atoms with van der Waals surface area (Å²) in [5, 5.41) is 6.92. The van der Waals surface area contributed by atoms with Gasteiger partial charge in [-0.25, -0.2) is 19.3 Å². The molecule has 33 heavy (non-hydrogen) atoms. The smallest absolute Gasteiger partial charge is 0.344 e. The zero-order valence-corrected chi connectivity index (χ0v) is 19.1. The van der Waals surface area contributed by atoms with Crippen LogP contribution >= 0.6 is 11.3 Å². The first-order valence-corrected chi connectivity index (χ1v) is 11.0. The summed E-state index contributed by atoms with van der Waals surface area (Å²) in [5.41, 5.74) is 2.34. The number of aryl methyl sites for hydroxylation is 1. The number of thiophene rings is 1. The van der Waals surface area contributed by atoms with E-state index in [2.05, 4.69) is 9.84 Å². The highest BCUT2D eigenvalue weighted by atomic mass is 32.1. The fourth-order valence-electron chi connectivity index (χ4n) is 3.26. The van der Waals surface area contributed by atoms with Gasteiger partial charge in [0.2, 0.25) is 0 Å². The minimum absolute atomic E-state index is 0.253. The molecule has 168 valence electrons. The normalized spacial score (nSPS) is 11.1. The summed E-state index contributed by atoms with van der Waals surface area (Å²) in [6, 6.07) is 10.6. The molecule has 4 rings (SSSR count). The first kappa shape index (κ1) is 22.2. The average molecular weight is 464 g/mol. The Labute approximate surface area is 194 Å². The average Bonchev–Trinajstić information content (AvgIpc) is 3.52.